The summed E-state index contributed by atoms with van der Waals surface area (Å²) in [5.41, 5.74) is 1.61. The first kappa shape index (κ1) is 39.2. The fourth-order valence-corrected chi connectivity index (χ4v) is 8.03. The van der Waals surface area contributed by atoms with Crippen LogP contribution < -0.4 is 21.3 Å². The number of nitrogens with one attached hydrogen (secondary N) is 4. The molecular formula is C40H51N7O8. The molecule has 4 aliphatic rings. The van der Waals surface area contributed by atoms with E-state index in [4.69, 9.17) is 4.74 Å². The van der Waals surface area contributed by atoms with Gasteiger partial charge >= 0.3 is 12.0 Å². The van der Waals surface area contributed by atoms with Gasteiger partial charge in [0.2, 0.25) is 29.5 Å². The minimum Gasteiger partial charge on any atom is -0.461 e. The number of piperidine rings is 1. The van der Waals surface area contributed by atoms with Gasteiger partial charge in [-0.2, -0.15) is 0 Å². The molecule has 2 aromatic carbocycles. The number of fused-ring (bicyclic) bond motifs is 3. The first-order valence-electron chi connectivity index (χ1n) is 19.3. The summed E-state index contributed by atoms with van der Waals surface area (Å²) in [6.07, 6.45) is 3.06. The molecule has 4 fully saturated rings. The van der Waals surface area contributed by atoms with Gasteiger partial charge in [-0.3, -0.25) is 24.0 Å². The van der Waals surface area contributed by atoms with Crippen molar-refractivity contribution in [3.63, 3.8) is 0 Å². The molecule has 294 valence electrons. The quantitative estimate of drug-likeness (QED) is 0.304. The van der Waals surface area contributed by atoms with Crippen molar-refractivity contribution in [2.75, 3.05) is 26.2 Å². The third-order valence-electron chi connectivity index (χ3n) is 10.9. The van der Waals surface area contributed by atoms with E-state index in [-0.39, 0.29) is 37.9 Å². The highest BCUT2D eigenvalue weighted by Crippen LogP contribution is 2.28. The SMILES string of the molecule is C[C@@H]1C[C@H]2C(=O)OC[C@H](NC(=O)[C@H](Cc3ccccc3)NC(=O)NCc3ccccc3)C(=O)N3CCC[C@H]3C(=O)N3CCCC[C@H]3C(=O)N[C@@H](C)C(=O)N2C1. The molecule has 0 bridgehead atoms. The van der Waals surface area contributed by atoms with Gasteiger partial charge in [-0.05, 0) is 62.5 Å². The van der Waals surface area contributed by atoms with Crippen LogP contribution >= 0.6 is 0 Å². The van der Waals surface area contributed by atoms with Gasteiger partial charge in [-0.15, -0.1) is 0 Å². The van der Waals surface area contributed by atoms with Crippen LogP contribution in [0.5, 0.6) is 0 Å². The molecule has 0 radical (unpaired) electrons. The predicted octanol–water partition coefficient (Wildman–Crippen LogP) is 1.25. The Kier molecular flexibility index (Phi) is 12.7. The van der Waals surface area contributed by atoms with E-state index in [0.717, 1.165) is 11.1 Å². The van der Waals surface area contributed by atoms with Crippen LogP contribution in [0.4, 0.5) is 4.79 Å². The number of esters is 1. The monoisotopic (exact) mass is 757 g/mol. The zero-order valence-corrected chi connectivity index (χ0v) is 31.4. The zero-order valence-electron chi connectivity index (χ0n) is 31.4. The van der Waals surface area contributed by atoms with Gasteiger partial charge in [-0.25, -0.2) is 9.59 Å². The average molecular weight is 758 g/mol. The highest BCUT2D eigenvalue weighted by atomic mass is 16.5. The van der Waals surface area contributed by atoms with E-state index in [0.29, 0.717) is 45.1 Å². The van der Waals surface area contributed by atoms with Crippen molar-refractivity contribution < 1.29 is 38.3 Å². The molecule has 4 saturated heterocycles. The van der Waals surface area contributed by atoms with Gasteiger partial charge in [0, 0.05) is 32.6 Å². The molecular weight excluding hydrogens is 706 g/mol. The standard InChI is InChI=1S/C40H51N7O8/c1-25-20-33-39(53)55-24-30(43-34(48)29(21-27-12-5-3-6-13-27)44-40(54)41-22-28-14-7-4-8-15-28)37(51)46-19-11-17-32(46)38(52)45-18-10-9-16-31(45)35(49)42-26(2)36(50)47(33)23-25/h3-8,12-15,25-26,29-33H,9-11,16-24H2,1-2H3,(H,42,49)(H,43,48)(H2,41,44,54)/t25-,26+,29+,30+,31+,32+,33+/m1/s1. The van der Waals surface area contributed by atoms with Crippen molar-refractivity contribution in [3.8, 4) is 0 Å². The van der Waals surface area contributed by atoms with Crippen LogP contribution in [0.2, 0.25) is 0 Å². The Balaban J connectivity index is 1.28. The summed E-state index contributed by atoms with van der Waals surface area (Å²) in [4.78, 5) is 101. The number of cyclic esters (lactones) is 1. The number of benzene rings is 2. The summed E-state index contributed by atoms with van der Waals surface area (Å²) in [5.74, 6) is -3.42. The maximum atomic E-state index is 14.5. The molecule has 0 aliphatic carbocycles. The van der Waals surface area contributed by atoms with Crippen LogP contribution in [0.1, 0.15) is 63.5 Å². The van der Waals surface area contributed by atoms with Gasteiger partial charge < -0.3 is 40.7 Å². The fourth-order valence-electron chi connectivity index (χ4n) is 8.03. The predicted molar refractivity (Wildman–Crippen MR) is 200 cm³/mol. The number of rotatable bonds is 7. The van der Waals surface area contributed by atoms with Crippen molar-refractivity contribution in [3.05, 3.63) is 71.8 Å². The topological polar surface area (TPSA) is 187 Å². The zero-order chi connectivity index (χ0) is 39.1. The number of carbonyl (C=O) groups excluding carboxylic acids is 7. The molecule has 4 heterocycles. The number of hydrogen-bond donors (Lipinski definition) is 4. The summed E-state index contributed by atoms with van der Waals surface area (Å²) in [7, 11) is 0. The van der Waals surface area contributed by atoms with Gasteiger partial charge in [-0.1, -0.05) is 67.6 Å². The lowest BCUT2D eigenvalue weighted by molar-refractivity contribution is -0.158. The molecule has 4 N–H and O–H groups in total. The molecule has 15 heteroatoms. The smallest absolute Gasteiger partial charge is 0.328 e. The lowest BCUT2D eigenvalue weighted by atomic mass is 9.99. The van der Waals surface area contributed by atoms with E-state index in [1.807, 2.05) is 67.6 Å². The van der Waals surface area contributed by atoms with E-state index >= 15 is 0 Å². The van der Waals surface area contributed by atoms with E-state index < -0.39 is 78.5 Å². The Morgan fingerprint density at radius 3 is 2.16 bits per heavy atom. The number of carbonyl (C=O) groups is 7. The minimum atomic E-state index is -1.42. The second-order valence-electron chi connectivity index (χ2n) is 15.1. The summed E-state index contributed by atoms with van der Waals surface area (Å²) in [5, 5.41) is 11.0. The highest BCUT2D eigenvalue weighted by molar-refractivity contribution is 5.97. The molecule has 55 heavy (non-hydrogen) atoms. The average Bonchev–Trinajstić information content (AvgIpc) is 3.85. The Labute approximate surface area is 320 Å². The number of nitrogens with zero attached hydrogens (tertiary/aromatic N) is 3. The van der Waals surface area contributed by atoms with Gasteiger partial charge in [0.1, 0.15) is 42.9 Å². The fraction of sp³-hybridized carbons (Fsp3) is 0.525. The summed E-state index contributed by atoms with van der Waals surface area (Å²) >= 11 is 0. The van der Waals surface area contributed by atoms with E-state index in [2.05, 4.69) is 21.3 Å². The molecule has 7 atom stereocenters. The van der Waals surface area contributed by atoms with Crippen molar-refractivity contribution >= 4 is 41.5 Å². The van der Waals surface area contributed by atoms with Gasteiger partial charge in [0.05, 0.1) is 0 Å². The van der Waals surface area contributed by atoms with E-state index in [9.17, 15) is 33.6 Å². The molecule has 15 nitrogen and oxygen atoms in total. The second-order valence-corrected chi connectivity index (χ2v) is 15.1. The summed E-state index contributed by atoms with van der Waals surface area (Å²) in [6.45, 7) is 3.92. The number of urea groups is 1. The highest BCUT2D eigenvalue weighted by Gasteiger charge is 2.46. The third-order valence-corrected chi connectivity index (χ3v) is 10.9. The minimum absolute atomic E-state index is 0.0433. The Hall–Kier alpha value is -5.47. The molecule has 6 rings (SSSR count). The van der Waals surface area contributed by atoms with Crippen molar-refractivity contribution in [2.24, 2.45) is 5.92 Å². The number of ether oxygens (including phenoxy) is 1. The van der Waals surface area contributed by atoms with Crippen molar-refractivity contribution in [1.29, 1.82) is 0 Å². The normalized spacial score (nSPS) is 26.9. The first-order chi connectivity index (χ1) is 26.5. The van der Waals surface area contributed by atoms with Gasteiger partial charge in [0.25, 0.3) is 0 Å². The molecule has 2 aromatic rings. The lowest BCUT2D eigenvalue weighted by Crippen LogP contribution is -2.62. The molecule has 0 spiro atoms. The second kappa shape index (κ2) is 17.8. The van der Waals surface area contributed by atoms with Crippen LogP contribution in [0.25, 0.3) is 0 Å². The van der Waals surface area contributed by atoms with Gasteiger partial charge in [0.15, 0.2) is 0 Å². The Morgan fingerprint density at radius 2 is 1.44 bits per heavy atom. The maximum Gasteiger partial charge on any atom is 0.328 e. The summed E-state index contributed by atoms with van der Waals surface area (Å²) < 4.78 is 5.74. The van der Waals surface area contributed by atoms with Crippen LogP contribution in [0.3, 0.4) is 0 Å². The number of amides is 7. The Bertz CT molecular complexity index is 1740. The summed E-state index contributed by atoms with van der Waals surface area (Å²) in [6, 6.07) is 11.5. The molecule has 4 aliphatic heterocycles. The van der Waals surface area contributed by atoms with Crippen LogP contribution in [-0.4, -0.2) is 119 Å². The molecule has 0 saturated carbocycles. The number of hydrogen-bond acceptors (Lipinski definition) is 8. The van der Waals surface area contributed by atoms with Crippen molar-refractivity contribution in [2.45, 2.75) is 102 Å². The van der Waals surface area contributed by atoms with Crippen LogP contribution in [-0.2, 0) is 46.5 Å². The lowest BCUT2D eigenvalue weighted by Gasteiger charge is -2.39. The van der Waals surface area contributed by atoms with Crippen LogP contribution in [0.15, 0.2) is 60.7 Å². The van der Waals surface area contributed by atoms with E-state index in [1.165, 1.54) is 14.7 Å². The molecule has 0 unspecified atom stereocenters. The van der Waals surface area contributed by atoms with E-state index in [1.54, 1.807) is 6.92 Å². The first-order valence-corrected chi connectivity index (χ1v) is 19.3. The Morgan fingerprint density at radius 1 is 0.782 bits per heavy atom. The largest absolute Gasteiger partial charge is 0.461 e. The van der Waals surface area contributed by atoms with Crippen molar-refractivity contribution in [1.82, 2.24) is 36.0 Å². The molecule has 0 aromatic heterocycles. The maximum absolute atomic E-state index is 14.5. The third kappa shape index (κ3) is 9.43. The van der Waals surface area contributed by atoms with Crippen LogP contribution in [0, 0.1) is 5.92 Å². The molecule has 7 amide bonds.